The third kappa shape index (κ3) is 8.48. The Kier molecular flexibility index (Phi) is 11.0. The molecule has 7 aromatic carbocycles. The summed E-state index contributed by atoms with van der Waals surface area (Å²) < 4.78 is 12.2. The molecule has 0 saturated carbocycles. The molecule has 0 saturated heterocycles. The SMILES string of the molecule is CC(C)(c1ccc(Oc2ccc(C(=O)c3ccc(Cl)cc3)cc2)cc1)c1ccc(C(C)(C)c2ccc(Oc3ccc(C(=O)c4ccc(Cl)cc4)cc3)cc2)cc1. The molecule has 0 amide bonds. The van der Waals surface area contributed by atoms with Crippen LogP contribution in [-0.2, 0) is 10.8 Å². The highest BCUT2D eigenvalue weighted by molar-refractivity contribution is 6.31. The largest absolute Gasteiger partial charge is 0.457 e. The van der Waals surface area contributed by atoms with Crippen LogP contribution in [0.2, 0.25) is 10.0 Å². The van der Waals surface area contributed by atoms with Crippen molar-refractivity contribution in [2.45, 2.75) is 38.5 Å². The second-order valence-electron chi connectivity index (χ2n) is 14.8. The summed E-state index contributed by atoms with van der Waals surface area (Å²) in [4.78, 5) is 25.7. The second-order valence-corrected chi connectivity index (χ2v) is 15.7. The van der Waals surface area contributed by atoms with Gasteiger partial charge in [-0.1, -0.05) is 99.4 Å². The van der Waals surface area contributed by atoms with Gasteiger partial charge in [-0.25, -0.2) is 0 Å². The van der Waals surface area contributed by atoms with Gasteiger partial charge in [-0.3, -0.25) is 9.59 Å². The maximum absolute atomic E-state index is 12.8. The lowest BCUT2D eigenvalue weighted by atomic mass is 9.74. The minimum atomic E-state index is -0.245. The molecule has 0 radical (unpaired) electrons. The molecule has 0 N–H and O–H groups in total. The van der Waals surface area contributed by atoms with Crippen LogP contribution in [-0.4, -0.2) is 11.6 Å². The molecule has 0 unspecified atom stereocenters. The molecule has 0 heterocycles. The number of ether oxygens (including phenoxy) is 2. The minimum absolute atomic E-state index is 0.0668. The summed E-state index contributed by atoms with van der Waals surface area (Å²) in [5, 5.41) is 1.19. The van der Waals surface area contributed by atoms with Crippen LogP contribution in [0, 0.1) is 0 Å². The van der Waals surface area contributed by atoms with E-state index in [0.29, 0.717) is 43.8 Å². The first-order valence-electron chi connectivity index (χ1n) is 18.4. The zero-order valence-corrected chi connectivity index (χ0v) is 33.1. The number of benzene rings is 7. The average molecular weight is 776 g/mol. The minimum Gasteiger partial charge on any atom is -0.457 e. The molecule has 278 valence electrons. The van der Waals surface area contributed by atoms with Gasteiger partial charge in [0, 0.05) is 43.1 Å². The molecule has 0 aromatic heterocycles. The predicted octanol–water partition coefficient (Wildman–Crippen LogP) is 13.7. The lowest BCUT2D eigenvalue weighted by molar-refractivity contribution is 0.103. The fourth-order valence-corrected chi connectivity index (χ4v) is 6.92. The van der Waals surface area contributed by atoms with Crippen molar-refractivity contribution >= 4 is 34.8 Å². The normalized spacial score (nSPS) is 11.5. The molecule has 0 bridgehead atoms. The lowest BCUT2D eigenvalue weighted by Gasteiger charge is -2.29. The van der Waals surface area contributed by atoms with Gasteiger partial charge >= 0.3 is 0 Å². The van der Waals surface area contributed by atoms with Crippen LogP contribution in [0.1, 0.15) is 81.8 Å². The van der Waals surface area contributed by atoms with E-state index in [1.165, 1.54) is 22.3 Å². The van der Waals surface area contributed by atoms with Crippen LogP contribution in [0.3, 0.4) is 0 Å². The molecule has 0 atom stereocenters. The molecule has 0 aliphatic rings. The second kappa shape index (κ2) is 16.0. The standard InChI is InChI=1S/C50H40Cl2O4/c1-49(2,39-17-29-45(30-18-39)55-43-25-9-35(10-26-43)47(53)33-5-21-41(51)22-6-33)37-13-15-38(16-14-37)50(3,4)40-19-31-46(32-20-40)56-44-27-11-36(12-28-44)48(54)34-7-23-42(52)24-8-34/h5-32H,1-4H3. The number of hydrogen-bond donors (Lipinski definition) is 0. The van der Waals surface area contributed by atoms with Crippen LogP contribution in [0.4, 0.5) is 0 Å². The third-order valence-corrected chi connectivity index (χ3v) is 10.9. The quantitative estimate of drug-likeness (QED) is 0.116. The maximum atomic E-state index is 12.8. The first-order valence-corrected chi connectivity index (χ1v) is 19.1. The van der Waals surface area contributed by atoms with Crippen LogP contribution in [0.15, 0.2) is 170 Å². The summed E-state index contributed by atoms with van der Waals surface area (Å²) in [7, 11) is 0. The predicted molar refractivity (Wildman–Crippen MR) is 226 cm³/mol. The van der Waals surface area contributed by atoms with E-state index >= 15 is 0 Å². The first kappa shape index (κ1) is 38.3. The number of rotatable bonds is 12. The Bertz CT molecular complexity index is 2270. The number of hydrogen-bond acceptors (Lipinski definition) is 4. The van der Waals surface area contributed by atoms with Crippen molar-refractivity contribution in [2.24, 2.45) is 0 Å². The molecular weight excluding hydrogens is 735 g/mol. The number of halogens is 2. The fraction of sp³-hybridized carbons (Fsp3) is 0.120. The van der Waals surface area contributed by atoms with Crippen molar-refractivity contribution in [1.82, 2.24) is 0 Å². The molecule has 0 spiro atoms. The number of carbonyl (C=O) groups is 2. The molecule has 6 heteroatoms. The van der Waals surface area contributed by atoms with E-state index < -0.39 is 0 Å². The summed E-state index contributed by atoms with van der Waals surface area (Å²) in [6, 6.07) is 53.3. The Balaban J connectivity index is 0.964. The van der Waals surface area contributed by atoms with Gasteiger partial charge in [-0.15, -0.1) is 0 Å². The van der Waals surface area contributed by atoms with Crippen molar-refractivity contribution in [3.8, 4) is 23.0 Å². The summed E-state index contributed by atoms with van der Waals surface area (Å²) in [6.45, 7) is 8.90. The monoisotopic (exact) mass is 774 g/mol. The Morgan fingerprint density at radius 3 is 0.786 bits per heavy atom. The number of ketones is 2. The summed E-state index contributed by atoms with van der Waals surface area (Å²) in [5.74, 6) is 2.61. The van der Waals surface area contributed by atoms with Gasteiger partial charge in [0.05, 0.1) is 0 Å². The van der Waals surface area contributed by atoms with E-state index in [1.807, 2.05) is 48.5 Å². The molecule has 7 aromatic rings. The Morgan fingerprint density at radius 1 is 0.339 bits per heavy atom. The van der Waals surface area contributed by atoms with E-state index in [-0.39, 0.29) is 22.4 Å². The molecule has 4 nitrogen and oxygen atoms in total. The topological polar surface area (TPSA) is 52.6 Å². The lowest BCUT2D eigenvalue weighted by Crippen LogP contribution is -2.21. The smallest absolute Gasteiger partial charge is 0.193 e. The average Bonchev–Trinajstić information content (AvgIpc) is 3.22. The van der Waals surface area contributed by atoms with Crippen LogP contribution in [0.25, 0.3) is 0 Å². The third-order valence-electron chi connectivity index (χ3n) is 10.4. The highest BCUT2D eigenvalue weighted by Crippen LogP contribution is 2.37. The van der Waals surface area contributed by atoms with E-state index in [4.69, 9.17) is 32.7 Å². The molecule has 0 aliphatic carbocycles. The Hall–Kier alpha value is -5.94. The van der Waals surface area contributed by atoms with Crippen molar-refractivity contribution in [1.29, 1.82) is 0 Å². The Labute approximate surface area is 338 Å². The Morgan fingerprint density at radius 2 is 0.536 bits per heavy atom. The molecule has 0 fully saturated rings. The summed E-state index contributed by atoms with van der Waals surface area (Å²) >= 11 is 11.9. The molecule has 7 rings (SSSR count). The van der Waals surface area contributed by atoms with Crippen molar-refractivity contribution < 1.29 is 19.1 Å². The van der Waals surface area contributed by atoms with Gasteiger partial charge in [-0.2, -0.15) is 0 Å². The van der Waals surface area contributed by atoms with Gasteiger partial charge in [0.15, 0.2) is 11.6 Å². The van der Waals surface area contributed by atoms with Crippen LogP contribution < -0.4 is 9.47 Å². The van der Waals surface area contributed by atoms with Crippen molar-refractivity contribution in [3.05, 3.63) is 224 Å². The molecular formula is C50H40Cl2O4. The van der Waals surface area contributed by atoms with Gasteiger partial charge in [-0.05, 0) is 144 Å². The van der Waals surface area contributed by atoms with Crippen LogP contribution >= 0.6 is 23.2 Å². The van der Waals surface area contributed by atoms with E-state index in [2.05, 4.69) is 76.2 Å². The first-order chi connectivity index (χ1) is 26.9. The zero-order chi connectivity index (χ0) is 39.5. The molecule has 0 aliphatic heterocycles. The zero-order valence-electron chi connectivity index (χ0n) is 31.6. The van der Waals surface area contributed by atoms with Crippen molar-refractivity contribution in [2.75, 3.05) is 0 Å². The van der Waals surface area contributed by atoms with Gasteiger partial charge in [0.2, 0.25) is 0 Å². The summed E-state index contributed by atoms with van der Waals surface area (Å²) in [5.41, 5.74) is 6.59. The van der Waals surface area contributed by atoms with E-state index in [1.54, 1.807) is 72.8 Å². The van der Waals surface area contributed by atoms with Gasteiger partial charge in [0.25, 0.3) is 0 Å². The van der Waals surface area contributed by atoms with Crippen molar-refractivity contribution in [3.63, 3.8) is 0 Å². The summed E-state index contributed by atoms with van der Waals surface area (Å²) in [6.07, 6.45) is 0. The van der Waals surface area contributed by atoms with Gasteiger partial charge < -0.3 is 9.47 Å². The maximum Gasteiger partial charge on any atom is 0.193 e. The van der Waals surface area contributed by atoms with E-state index in [9.17, 15) is 9.59 Å². The highest BCUT2D eigenvalue weighted by atomic mass is 35.5. The van der Waals surface area contributed by atoms with E-state index in [0.717, 1.165) is 11.5 Å². The van der Waals surface area contributed by atoms with Crippen LogP contribution in [0.5, 0.6) is 23.0 Å². The fourth-order valence-electron chi connectivity index (χ4n) is 6.67. The number of carbonyl (C=O) groups excluding carboxylic acids is 2. The van der Waals surface area contributed by atoms with Gasteiger partial charge in [0.1, 0.15) is 23.0 Å². The highest BCUT2D eigenvalue weighted by Gasteiger charge is 2.27. The molecule has 56 heavy (non-hydrogen) atoms.